The Bertz CT molecular complexity index is 2230. The number of aliphatic hydroxyl groups is 1. The molecule has 10 nitrogen and oxygen atoms in total. The predicted molar refractivity (Wildman–Crippen MR) is 228 cm³/mol. The third-order valence-electron chi connectivity index (χ3n) is 13.1. The Morgan fingerprint density at radius 1 is 0.949 bits per heavy atom. The van der Waals surface area contributed by atoms with Gasteiger partial charge in [0.05, 0.1) is 18.2 Å². The second-order valence-electron chi connectivity index (χ2n) is 17.5. The molecule has 3 atom stereocenters. The average molecular weight is 834 g/mol. The zero-order valence-electron chi connectivity index (χ0n) is 35.6. The highest BCUT2D eigenvalue weighted by atomic mass is 28.3. The smallest absolute Gasteiger partial charge is 0.319 e. The van der Waals surface area contributed by atoms with Crippen molar-refractivity contribution in [2.75, 3.05) is 65.3 Å². The van der Waals surface area contributed by atoms with Gasteiger partial charge < -0.3 is 29.0 Å². The van der Waals surface area contributed by atoms with E-state index >= 15 is 8.78 Å². The first kappa shape index (κ1) is 42.9. The summed E-state index contributed by atoms with van der Waals surface area (Å²) in [6.07, 6.45) is 2.72. The zero-order chi connectivity index (χ0) is 42.2. The molecule has 0 spiro atoms. The molecule has 4 aromatic rings. The van der Waals surface area contributed by atoms with Crippen LogP contribution in [0.15, 0.2) is 24.3 Å². The topological polar surface area (TPSA) is 102 Å². The molecule has 0 radical (unpaired) electrons. The molecule has 318 valence electrons. The lowest BCUT2D eigenvalue weighted by Crippen LogP contribution is -2.43. The number of halogens is 3. The highest BCUT2D eigenvalue weighted by Crippen LogP contribution is 2.45. The van der Waals surface area contributed by atoms with E-state index in [0.717, 1.165) is 32.2 Å². The quantitative estimate of drug-likeness (QED) is 0.0799. The first-order valence-electron chi connectivity index (χ1n) is 21.0. The maximum Gasteiger partial charge on any atom is 0.319 e. The molecule has 3 fully saturated rings. The van der Waals surface area contributed by atoms with Crippen molar-refractivity contribution in [3.05, 3.63) is 41.5 Å². The maximum atomic E-state index is 17.8. The van der Waals surface area contributed by atoms with Crippen LogP contribution in [-0.4, -0.2) is 105 Å². The van der Waals surface area contributed by atoms with E-state index in [1.165, 1.54) is 20.3 Å². The molecule has 1 N–H and O–H groups in total. The summed E-state index contributed by atoms with van der Waals surface area (Å²) in [5.74, 6) is 2.76. The van der Waals surface area contributed by atoms with Gasteiger partial charge in [0.25, 0.3) is 0 Å². The van der Waals surface area contributed by atoms with Gasteiger partial charge >= 0.3 is 6.01 Å². The fourth-order valence-electron chi connectivity index (χ4n) is 10.3. The van der Waals surface area contributed by atoms with Gasteiger partial charge in [-0.05, 0) is 78.4 Å². The van der Waals surface area contributed by atoms with E-state index in [4.69, 9.17) is 33.9 Å². The first-order valence-corrected chi connectivity index (χ1v) is 23.2. The molecule has 1 unspecified atom stereocenters. The van der Waals surface area contributed by atoms with Crippen LogP contribution >= 0.6 is 0 Å². The van der Waals surface area contributed by atoms with Gasteiger partial charge in [-0.3, -0.25) is 4.90 Å². The summed E-state index contributed by atoms with van der Waals surface area (Å²) in [6, 6.07) is 6.33. The van der Waals surface area contributed by atoms with Crippen molar-refractivity contribution in [1.29, 1.82) is 0 Å². The van der Waals surface area contributed by atoms with Gasteiger partial charge in [-0.1, -0.05) is 53.5 Å². The van der Waals surface area contributed by atoms with Gasteiger partial charge in [-0.15, -0.1) is 5.54 Å². The lowest BCUT2D eigenvalue weighted by molar-refractivity contribution is 0.0512. The summed E-state index contributed by atoms with van der Waals surface area (Å²) < 4.78 is 72.3. The Balaban J connectivity index is 1.48. The Kier molecular flexibility index (Phi) is 12.7. The fraction of sp³-hybridized carbons (Fsp3) is 0.578. The van der Waals surface area contributed by atoms with Crippen LogP contribution in [0, 0.1) is 29.0 Å². The van der Waals surface area contributed by atoms with Gasteiger partial charge in [-0.2, -0.15) is 9.97 Å². The Hall–Kier alpha value is -4.16. The number of rotatable bonds is 13. The van der Waals surface area contributed by atoms with E-state index in [0.29, 0.717) is 65.0 Å². The van der Waals surface area contributed by atoms with Crippen molar-refractivity contribution >= 4 is 35.6 Å². The van der Waals surface area contributed by atoms with Crippen molar-refractivity contribution in [2.24, 2.45) is 5.92 Å². The molecule has 14 heteroatoms. The van der Waals surface area contributed by atoms with E-state index in [1.807, 2.05) is 4.90 Å². The molecule has 0 amide bonds. The first-order chi connectivity index (χ1) is 28.3. The number of ether oxygens (including phenoxy) is 4. The molecule has 0 saturated carbocycles. The number of hydrogen-bond donors (Lipinski definition) is 1. The number of hydrogen-bond acceptors (Lipinski definition) is 10. The molecule has 3 aliphatic heterocycles. The summed E-state index contributed by atoms with van der Waals surface area (Å²) in [4.78, 5) is 18.5. The molecule has 3 aliphatic rings. The van der Waals surface area contributed by atoms with Crippen LogP contribution in [0.5, 0.6) is 17.6 Å². The van der Waals surface area contributed by atoms with Crippen LogP contribution in [0.3, 0.4) is 0 Å². The number of anilines is 1. The maximum absolute atomic E-state index is 17.8. The number of fused-ring (bicyclic) bond motifs is 3. The summed E-state index contributed by atoms with van der Waals surface area (Å²) >= 11 is 0. The van der Waals surface area contributed by atoms with Crippen LogP contribution < -0.4 is 19.1 Å². The van der Waals surface area contributed by atoms with Gasteiger partial charge in [-0.25, -0.2) is 18.2 Å². The van der Waals surface area contributed by atoms with Crippen LogP contribution in [0.4, 0.5) is 19.0 Å². The minimum absolute atomic E-state index is 0.00895. The standard InChI is InChI=1S/C45H58F3N5O5Si/c1-27(2)59(28(3)4,29(5)6)18-14-34-36(47)13-12-31-19-33(58-26-55-7)20-35(37(31)34)40-39(48)41-38(43(49-40)56-8)42(52-16-9-11-30(22-52)24-54)51-44(50-41)57-25-45-15-10-17-53(45)23-32(46)21-45/h12-13,19-20,27-30,32,54H,9-11,15-17,21-26H2,1-8H3/t30?,32-,45+/m1/s1. The van der Waals surface area contributed by atoms with E-state index in [1.54, 1.807) is 18.2 Å². The molecule has 3 saturated heterocycles. The van der Waals surface area contributed by atoms with E-state index in [9.17, 15) is 9.50 Å². The van der Waals surface area contributed by atoms with Crippen molar-refractivity contribution in [3.63, 3.8) is 0 Å². The summed E-state index contributed by atoms with van der Waals surface area (Å²) in [7, 11) is 0.625. The number of aliphatic hydroxyl groups excluding tert-OH is 1. The highest BCUT2D eigenvalue weighted by Gasteiger charge is 2.49. The molecule has 0 aliphatic carbocycles. The van der Waals surface area contributed by atoms with Crippen LogP contribution in [0.1, 0.15) is 79.2 Å². The second-order valence-corrected chi connectivity index (χ2v) is 23.1. The predicted octanol–water partition coefficient (Wildman–Crippen LogP) is 8.85. The Morgan fingerprint density at radius 3 is 2.41 bits per heavy atom. The number of nitrogens with zero attached hydrogens (tertiary/aromatic N) is 5. The van der Waals surface area contributed by atoms with E-state index < -0.39 is 31.4 Å². The van der Waals surface area contributed by atoms with E-state index in [2.05, 4.69) is 57.9 Å². The molecule has 2 aromatic heterocycles. The van der Waals surface area contributed by atoms with Gasteiger partial charge in [0, 0.05) is 50.7 Å². The Labute approximate surface area is 346 Å². The summed E-state index contributed by atoms with van der Waals surface area (Å²) in [6.45, 7) is 15.4. The molecular weight excluding hydrogens is 776 g/mol. The number of pyridine rings is 1. The van der Waals surface area contributed by atoms with Crippen LogP contribution in [0.25, 0.3) is 32.9 Å². The minimum atomic E-state index is -2.33. The normalized spacial score (nSPS) is 21.2. The monoisotopic (exact) mass is 833 g/mol. The highest BCUT2D eigenvalue weighted by molar-refractivity contribution is 6.90. The van der Waals surface area contributed by atoms with E-state index in [-0.39, 0.29) is 65.5 Å². The van der Waals surface area contributed by atoms with Gasteiger partial charge in [0.2, 0.25) is 5.88 Å². The third kappa shape index (κ3) is 7.96. The van der Waals surface area contributed by atoms with Gasteiger partial charge in [0.15, 0.2) is 12.6 Å². The average Bonchev–Trinajstić information content (AvgIpc) is 3.75. The lowest BCUT2D eigenvalue weighted by Gasteiger charge is -2.38. The van der Waals surface area contributed by atoms with Crippen LogP contribution in [-0.2, 0) is 4.74 Å². The Morgan fingerprint density at radius 2 is 1.71 bits per heavy atom. The minimum Gasteiger partial charge on any atom is -0.480 e. The summed E-state index contributed by atoms with van der Waals surface area (Å²) in [5, 5.41) is 11.3. The van der Waals surface area contributed by atoms with Crippen molar-refractivity contribution in [3.8, 4) is 40.4 Å². The van der Waals surface area contributed by atoms with Gasteiger partial charge in [0.1, 0.15) is 54.8 Å². The van der Waals surface area contributed by atoms with Crippen LogP contribution in [0.2, 0.25) is 16.6 Å². The second kappa shape index (κ2) is 17.4. The van der Waals surface area contributed by atoms with Crippen molar-refractivity contribution < 1.29 is 37.2 Å². The number of methoxy groups -OCH3 is 2. The van der Waals surface area contributed by atoms with Crippen molar-refractivity contribution in [2.45, 2.75) is 102 Å². The molecule has 59 heavy (non-hydrogen) atoms. The third-order valence-corrected chi connectivity index (χ3v) is 19.4. The number of piperidine rings is 1. The molecule has 0 bridgehead atoms. The number of benzene rings is 2. The molecule has 7 rings (SSSR count). The molecule has 2 aromatic carbocycles. The molecular formula is C45H58F3N5O5Si. The lowest BCUT2D eigenvalue weighted by atomic mass is 9.95. The zero-order valence-corrected chi connectivity index (χ0v) is 36.6. The number of alkyl halides is 1. The molecule has 5 heterocycles. The largest absolute Gasteiger partial charge is 0.480 e. The van der Waals surface area contributed by atoms with Crippen molar-refractivity contribution in [1.82, 2.24) is 19.9 Å². The summed E-state index contributed by atoms with van der Waals surface area (Å²) in [5.41, 5.74) is 4.21. The number of aromatic nitrogens is 3. The SMILES string of the molecule is COCOc1cc(-c2nc(OC)c3c(N4CCCC(CO)C4)nc(OC[C@@]45CCCN4C[C@H](F)C5)nc3c2F)c2c(C#C[Si](C(C)C)(C(C)C)C(C)C)c(F)ccc2c1. The fourth-order valence-corrected chi connectivity index (χ4v) is 15.5.